The summed E-state index contributed by atoms with van der Waals surface area (Å²) in [6.07, 6.45) is 1.69. The number of aryl methyl sites for hydroxylation is 2. The lowest BCUT2D eigenvalue weighted by Crippen LogP contribution is -2.37. The van der Waals surface area contributed by atoms with Crippen LogP contribution in [-0.4, -0.2) is 24.6 Å². The third-order valence-electron chi connectivity index (χ3n) is 4.47. The molecule has 0 aliphatic rings. The van der Waals surface area contributed by atoms with Gasteiger partial charge in [0.2, 0.25) is 5.91 Å². The van der Waals surface area contributed by atoms with Crippen molar-refractivity contribution in [3.63, 3.8) is 0 Å². The third kappa shape index (κ3) is 3.17. The first-order valence-electron chi connectivity index (χ1n) is 8.35. The molecule has 3 rings (SSSR count). The Balaban J connectivity index is 1.75. The fourth-order valence-electron chi connectivity index (χ4n) is 2.93. The number of carbonyl (C=O) groups excluding carboxylic acids is 1. The van der Waals surface area contributed by atoms with E-state index in [1.54, 1.807) is 11.6 Å². The van der Waals surface area contributed by atoms with Crippen molar-refractivity contribution in [2.45, 2.75) is 25.9 Å². The maximum absolute atomic E-state index is 12.4. The standard InChI is InChI=1S/C18H21N5O3/c1-12(13-7-5-4-6-8-13)20-14(24)9-10-23-11-19-16-15(23)17(25)22(3)18(26)21(16)2/h4-8,11-12H,9-10H2,1-3H3,(H,20,24)/t12-/m1/s1. The van der Waals surface area contributed by atoms with Gasteiger partial charge in [0.1, 0.15) is 0 Å². The number of hydrogen-bond acceptors (Lipinski definition) is 4. The van der Waals surface area contributed by atoms with Crippen LogP contribution in [0.3, 0.4) is 0 Å². The molecule has 0 radical (unpaired) electrons. The summed E-state index contributed by atoms with van der Waals surface area (Å²) in [5.74, 6) is -0.121. The average Bonchev–Trinajstić information content (AvgIpc) is 3.07. The van der Waals surface area contributed by atoms with Crippen LogP contribution >= 0.6 is 0 Å². The van der Waals surface area contributed by atoms with Crippen LogP contribution in [0.15, 0.2) is 46.2 Å². The van der Waals surface area contributed by atoms with Crippen LogP contribution in [0.2, 0.25) is 0 Å². The normalized spacial score (nSPS) is 12.3. The number of nitrogens with zero attached hydrogens (tertiary/aromatic N) is 4. The predicted octanol–water partition coefficient (Wildman–Crippen LogP) is 0.701. The lowest BCUT2D eigenvalue weighted by Gasteiger charge is -2.14. The van der Waals surface area contributed by atoms with Crippen LogP contribution in [0.4, 0.5) is 0 Å². The Morgan fingerprint density at radius 1 is 1.15 bits per heavy atom. The van der Waals surface area contributed by atoms with Crippen LogP contribution in [0.5, 0.6) is 0 Å². The van der Waals surface area contributed by atoms with E-state index in [1.807, 2.05) is 37.3 Å². The Labute approximate surface area is 149 Å². The van der Waals surface area contributed by atoms with Crippen molar-refractivity contribution in [3.05, 3.63) is 63.1 Å². The second-order valence-electron chi connectivity index (χ2n) is 6.27. The van der Waals surface area contributed by atoms with Crippen molar-refractivity contribution in [2.24, 2.45) is 14.1 Å². The predicted molar refractivity (Wildman–Crippen MR) is 97.8 cm³/mol. The van der Waals surface area contributed by atoms with Crippen molar-refractivity contribution in [3.8, 4) is 0 Å². The molecule has 1 aromatic carbocycles. The first-order chi connectivity index (χ1) is 12.4. The molecule has 0 aliphatic carbocycles. The highest BCUT2D eigenvalue weighted by molar-refractivity contribution is 5.77. The van der Waals surface area contributed by atoms with Crippen molar-refractivity contribution >= 4 is 17.1 Å². The van der Waals surface area contributed by atoms with Crippen molar-refractivity contribution in [2.75, 3.05) is 0 Å². The molecule has 1 amide bonds. The Morgan fingerprint density at radius 2 is 1.85 bits per heavy atom. The minimum Gasteiger partial charge on any atom is -0.350 e. The molecule has 0 aliphatic heterocycles. The van der Waals surface area contributed by atoms with Crippen LogP contribution in [0.25, 0.3) is 11.2 Å². The van der Waals surface area contributed by atoms with E-state index in [0.717, 1.165) is 10.1 Å². The summed E-state index contributed by atoms with van der Waals surface area (Å²) in [4.78, 5) is 40.7. The molecule has 2 heterocycles. The molecule has 2 aromatic heterocycles. The van der Waals surface area contributed by atoms with Crippen molar-refractivity contribution in [1.29, 1.82) is 0 Å². The Hall–Kier alpha value is -3.16. The quantitative estimate of drug-likeness (QED) is 0.729. The van der Waals surface area contributed by atoms with Gasteiger partial charge in [-0.15, -0.1) is 0 Å². The monoisotopic (exact) mass is 355 g/mol. The molecule has 3 aromatic rings. The van der Waals surface area contributed by atoms with E-state index in [9.17, 15) is 14.4 Å². The number of imidazole rings is 1. The minimum absolute atomic E-state index is 0.100. The van der Waals surface area contributed by atoms with Gasteiger partial charge in [0.25, 0.3) is 5.56 Å². The van der Waals surface area contributed by atoms with Gasteiger partial charge in [0.05, 0.1) is 12.4 Å². The molecule has 136 valence electrons. The van der Waals surface area contributed by atoms with E-state index in [2.05, 4.69) is 10.3 Å². The molecule has 0 bridgehead atoms. The molecule has 0 spiro atoms. The Kier molecular flexibility index (Phi) is 4.75. The van der Waals surface area contributed by atoms with E-state index in [4.69, 9.17) is 0 Å². The van der Waals surface area contributed by atoms with Crippen LogP contribution in [0, 0.1) is 0 Å². The zero-order valence-electron chi connectivity index (χ0n) is 15.0. The van der Waals surface area contributed by atoms with Gasteiger partial charge >= 0.3 is 5.69 Å². The van der Waals surface area contributed by atoms with Gasteiger partial charge in [-0.2, -0.15) is 0 Å². The van der Waals surface area contributed by atoms with Gasteiger partial charge in [-0.05, 0) is 12.5 Å². The fourth-order valence-corrected chi connectivity index (χ4v) is 2.93. The largest absolute Gasteiger partial charge is 0.350 e. The zero-order chi connectivity index (χ0) is 18.8. The molecule has 1 N–H and O–H groups in total. The number of carbonyl (C=O) groups is 1. The fraction of sp³-hybridized carbons (Fsp3) is 0.333. The van der Waals surface area contributed by atoms with Gasteiger partial charge in [-0.25, -0.2) is 9.78 Å². The maximum atomic E-state index is 12.4. The summed E-state index contributed by atoms with van der Waals surface area (Å²) in [5, 5.41) is 2.94. The SMILES string of the molecule is C[C@@H](NC(=O)CCn1cnc2c1c(=O)n(C)c(=O)n2C)c1ccccc1. The molecule has 26 heavy (non-hydrogen) atoms. The number of benzene rings is 1. The smallest absolute Gasteiger partial charge is 0.332 e. The minimum atomic E-state index is -0.429. The zero-order valence-corrected chi connectivity index (χ0v) is 15.0. The lowest BCUT2D eigenvalue weighted by atomic mass is 10.1. The Morgan fingerprint density at radius 3 is 2.54 bits per heavy atom. The maximum Gasteiger partial charge on any atom is 0.332 e. The summed E-state index contributed by atoms with van der Waals surface area (Å²) in [6, 6.07) is 9.59. The number of rotatable bonds is 5. The van der Waals surface area contributed by atoms with Gasteiger partial charge in [-0.1, -0.05) is 30.3 Å². The van der Waals surface area contributed by atoms with Gasteiger partial charge < -0.3 is 9.88 Å². The topological polar surface area (TPSA) is 90.9 Å². The van der Waals surface area contributed by atoms with Crippen molar-refractivity contribution in [1.82, 2.24) is 24.0 Å². The molecular formula is C18H21N5O3. The van der Waals surface area contributed by atoms with Crippen LogP contribution in [0.1, 0.15) is 24.9 Å². The van der Waals surface area contributed by atoms with Crippen LogP contribution in [-0.2, 0) is 25.4 Å². The number of amides is 1. The molecule has 0 unspecified atom stereocenters. The average molecular weight is 355 g/mol. The van der Waals surface area contributed by atoms with E-state index < -0.39 is 11.2 Å². The Bertz CT molecular complexity index is 1060. The summed E-state index contributed by atoms with van der Waals surface area (Å²) in [6.45, 7) is 2.22. The van der Waals surface area contributed by atoms with Gasteiger partial charge in [0.15, 0.2) is 11.2 Å². The summed E-state index contributed by atoms with van der Waals surface area (Å²) < 4.78 is 3.98. The summed E-state index contributed by atoms with van der Waals surface area (Å²) in [5.41, 5.74) is 0.813. The first-order valence-corrected chi connectivity index (χ1v) is 8.35. The van der Waals surface area contributed by atoms with Gasteiger partial charge in [-0.3, -0.25) is 18.7 Å². The first kappa shape index (κ1) is 17.7. The second-order valence-corrected chi connectivity index (χ2v) is 6.27. The highest BCUT2D eigenvalue weighted by atomic mass is 16.2. The summed E-state index contributed by atoms with van der Waals surface area (Å²) >= 11 is 0. The van der Waals surface area contributed by atoms with E-state index in [-0.39, 0.29) is 18.4 Å². The van der Waals surface area contributed by atoms with E-state index in [1.165, 1.54) is 17.9 Å². The van der Waals surface area contributed by atoms with Gasteiger partial charge in [0, 0.05) is 27.1 Å². The number of aromatic nitrogens is 4. The third-order valence-corrected chi connectivity index (χ3v) is 4.47. The second kappa shape index (κ2) is 6.99. The molecule has 0 saturated carbocycles. The molecule has 8 heteroatoms. The number of nitrogens with one attached hydrogen (secondary N) is 1. The van der Waals surface area contributed by atoms with Crippen molar-refractivity contribution < 1.29 is 4.79 Å². The summed E-state index contributed by atoms with van der Waals surface area (Å²) in [7, 11) is 2.99. The molecular weight excluding hydrogens is 334 g/mol. The number of fused-ring (bicyclic) bond motifs is 1. The molecule has 8 nitrogen and oxygen atoms in total. The molecule has 1 atom stereocenters. The highest BCUT2D eigenvalue weighted by Crippen LogP contribution is 2.12. The lowest BCUT2D eigenvalue weighted by molar-refractivity contribution is -0.121. The molecule has 0 fully saturated rings. The van der Waals surface area contributed by atoms with E-state index in [0.29, 0.717) is 17.7 Å². The van der Waals surface area contributed by atoms with E-state index >= 15 is 0 Å². The van der Waals surface area contributed by atoms with Crippen LogP contribution < -0.4 is 16.6 Å². The molecule has 0 saturated heterocycles. The number of hydrogen-bond donors (Lipinski definition) is 1. The highest BCUT2D eigenvalue weighted by Gasteiger charge is 2.15.